The Labute approximate surface area is 171 Å². The van der Waals surface area contributed by atoms with Crippen molar-refractivity contribution in [1.29, 1.82) is 0 Å². The molecule has 0 aliphatic carbocycles. The van der Waals surface area contributed by atoms with E-state index in [1.54, 1.807) is 19.6 Å². The van der Waals surface area contributed by atoms with Gasteiger partial charge in [0.1, 0.15) is 5.75 Å². The normalized spacial score (nSPS) is 17.1. The molecular formula is C24H26N2O3. The van der Waals surface area contributed by atoms with Crippen molar-refractivity contribution in [2.45, 2.75) is 19.4 Å². The van der Waals surface area contributed by atoms with Gasteiger partial charge >= 0.3 is 0 Å². The lowest BCUT2D eigenvalue weighted by Gasteiger charge is -2.31. The molecule has 3 aromatic rings. The van der Waals surface area contributed by atoms with Gasteiger partial charge in [0.25, 0.3) is 0 Å². The summed E-state index contributed by atoms with van der Waals surface area (Å²) in [4.78, 5) is 15.4. The third kappa shape index (κ3) is 4.69. The lowest BCUT2D eigenvalue weighted by molar-refractivity contribution is -0.121. The summed E-state index contributed by atoms with van der Waals surface area (Å²) >= 11 is 0. The van der Waals surface area contributed by atoms with Gasteiger partial charge in [-0.15, -0.1) is 0 Å². The second-order valence-corrected chi connectivity index (χ2v) is 7.47. The summed E-state index contributed by atoms with van der Waals surface area (Å²) in [6.07, 6.45) is 5.41. The van der Waals surface area contributed by atoms with E-state index in [4.69, 9.17) is 9.15 Å². The van der Waals surface area contributed by atoms with Crippen LogP contribution < -0.4 is 10.1 Å². The van der Waals surface area contributed by atoms with Crippen molar-refractivity contribution in [1.82, 2.24) is 4.90 Å². The number of carbonyl (C=O) groups excluding carboxylic acids is 1. The van der Waals surface area contributed by atoms with Crippen LogP contribution in [0.3, 0.4) is 0 Å². The van der Waals surface area contributed by atoms with Crippen LogP contribution in [0.25, 0.3) is 11.1 Å². The van der Waals surface area contributed by atoms with Crippen molar-refractivity contribution in [2.75, 3.05) is 25.5 Å². The Bertz CT molecular complexity index is 935. The van der Waals surface area contributed by atoms with Crippen molar-refractivity contribution in [3.05, 3.63) is 72.7 Å². The number of carbonyl (C=O) groups is 1. The van der Waals surface area contributed by atoms with Crippen molar-refractivity contribution in [3.63, 3.8) is 0 Å². The molecule has 1 N–H and O–H groups in total. The Morgan fingerprint density at radius 3 is 2.76 bits per heavy atom. The largest absolute Gasteiger partial charge is 0.497 e. The van der Waals surface area contributed by atoms with E-state index in [1.165, 1.54) is 0 Å². The molecule has 1 saturated heterocycles. The lowest BCUT2D eigenvalue weighted by Crippen LogP contribution is -2.40. The highest BCUT2D eigenvalue weighted by molar-refractivity contribution is 5.97. The number of nitrogens with one attached hydrogen (secondary N) is 1. The predicted octanol–water partition coefficient (Wildman–Crippen LogP) is 4.81. The molecule has 5 nitrogen and oxygen atoms in total. The average Bonchev–Trinajstić information content (AvgIpc) is 3.27. The number of methoxy groups -OCH3 is 1. The molecule has 29 heavy (non-hydrogen) atoms. The van der Waals surface area contributed by atoms with Crippen LogP contribution in [0.5, 0.6) is 5.75 Å². The maximum Gasteiger partial charge on any atom is 0.228 e. The molecule has 0 saturated carbocycles. The van der Waals surface area contributed by atoms with Crippen molar-refractivity contribution >= 4 is 11.6 Å². The zero-order chi connectivity index (χ0) is 20.1. The van der Waals surface area contributed by atoms with Crippen LogP contribution in [0, 0.1) is 5.92 Å². The fourth-order valence-electron chi connectivity index (χ4n) is 3.90. The van der Waals surface area contributed by atoms with Crippen molar-refractivity contribution < 1.29 is 13.9 Å². The minimum Gasteiger partial charge on any atom is -0.497 e. The van der Waals surface area contributed by atoms with Gasteiger partial charge in [0.15, 0.2) is 0 Å². The zero-order valence-corrected chi connectivity index (χ0v) is 16.6. The van der Waals surface area contributed by atoms with Gasteiger partial charge in [0, 0.05) is 29.9 Å². The number of para-hydroxylation sites is 1. The zero-order valence-electron chi connectivity index (χ0n) is 16.6. The van der Waals surface area contributed by atoms with Crippen molar-refractivity contribution in [3.8, 4) is 16.9 Å². The van der Waals surface area contributed by atoms with Crippen LogP contribution in [-0.4, -0.2) is 31.0 Å². The number of piperidine rings is 1. The van der Waals surface area contributed by atoms with Gasteiger partial charge in [-0.1, -0.05) is 30.3 Å². The fraction of sp³-hybridized carbons (Fsp3) is 0.292. The smallest absolute Gasteiger partial charge is 0.228 e. The summed E-state index contributed by atoms with van der Waals surface area (Å²) in [5.41, 5.74) is 4.05. The number of hydrogen-bond acceptors (Lipinski definition) is 4. The summed E-state index contributed by atoms with van der Waals surface area (Å²) in [5.74, 6) is 0.887. The molecule has 2 aromatic carbocycles. The molecule has 1 aliphatic rings. The summed E-state index contributed by atoms with van der Waals surface area (Å²) in [6.45, 7) is 2.60. The fourth-order valence-corrected chi connectivity index (χ4v) is 3.90. The highest BCUT2D eigenvalue weighted by atomic mass is 16.5. The number of rotatable bonds is 6. The molecule has 2 heterocycles. The summed E-state index contributed by atoms with van der Waals surface area (Å²) < 4.78 is 10.4. The molecule has 1 aliphatic heterocycles. The number of benzene rings is 2. The Kier molecular flexibility index (Phi) is 5.96. The van der Waals surface area contributed by atoms with E-state index in [-0.39, 0.29) is 11.8 Å². The first-order valence-electron chi connectivity index (χ1n) is 10.0. The minimum atomic E-state index is -0.0143. The molecule has 1 fully saturated rings. The van der Waals surface area contributed by atoms with Gasteiger partial charge in [0.05, 0.1) is 25.6 Å². The number of hydrogen-bond donors (Lipinski definition) is 1. The molecule has 4 rings (SSSR count). The van der Waals surface area contributed by atoms with Gasteiger partial charge < -0.3 is 14.5 Å². The third-order valence-electron chi connectivity index (χ3n) is 5.45. The molecule has 1 aromatic heterocycles. The Morgan fingerprint density at radius 2 is 2.00 bits per heavy atom. The quantitative estimate of drug-likeness (QED) is 0.656. The Balaban J connectivity index is 1.45. The number of likely N-dealkylation sites (tertiary alicyclic amines) is 1. The van der Waals surface area contributed by atoms with E-state index < -0.39 is 0 Å². The van der Waals surface area contributed by atoms with Gasteiger partial charge in [0.2, 0.25) is 5.91 Å². The molecule has 150 valence electrons. The monoisotopic (exact) mass is 390 g/mol. The standard InChI is InChI=1S/C24H26N2O3/c1-28-21-10-8-19(9-11-21)22-6-2-3-7-23(22)25-24(27)20-5-4-13-26(16-20)15-18-12-14-29-17-18/h2-3,6-12,14,17,20H,4-5,13,15-16H2,1H3,(H,25,27). The first kappa shape index (κ1) is 19.3. The first-order chi connectivity index (χ1) is 14.2. The van der Waals surface area contributed by atoms with E-state index in [0.29, 0.717) is 0 Å². The first-order valence-corrected chi connectivity index (χ1v) is 10.0. The maximum atomic E-state index is 13.0. The van der Waals surface area contributed by atoms with E-state index in [0.717, 1.165) is 60.6 Å². The minimum absolute atomic E-state index is 0.0143. The molecule has 5 heteroatoms. The average molecular weight is 390 g/mol. The number of nitrogens with zero attached hydrogens (tertiary/aromatic N) is 1. The van der Waals surface area contributed by atoms with E-state index in [9.17, 15) is 4.79 Å². The Hall–Kier alpha value is -3.05. The van der Waals surface area contributed by atoms with Crippen LogP contribution in [-0.2, 0) is 11.3 Å². The maximum absolute atomic E-state index is 13.0. The molecule has 0 bridgehead atoms. The highest BCUT2D eigenvalue weighted by Gasteiger charge is 2.26. The number of furan rings is 1. The third-order valence-corrected chi connectivity index (χ3v) is 5.45. The number of ether oxygens (including phenoxy) is 1. The van der Waals surface area contributed by atoms with Gasteiger partial charge in [-0.3, -0.25) is 9.69 Å². The molecule has 0 radical (unpaired) electrons. The highest BCUT2D eigenvalue weighted by Crippen LogP contribution is 2.30. The van der Waals surface area contributed by atoms with E-state index in [2.05, 4.69) is 10.2 Å². The topological polar surface area (TPSA) is 54.7 Å². The SMILES string of the molecule is COc1ccc(-c2ccccc2NC(=O)C2CCCN(Cc3ccoc3)C2)cc1. The lowest BCUT2D eigenvalue weighted by atomic mass is 9.96. The predicted molar refractivity (Wildman–Crippen MR) is 114 cm³/mol. The van der Waals surface area contributed by atoms with Crippen LogP contribution in [0.15, 0.2) is 71.5 Å². The van der Waals surface area contributed by atoms with Crippen LogP contribution in [0.2, 0.25) is 0 Å². The van der Waals surface area contributed by atoms with E-state index >= 15 is 0 Å². The van der Waals surface area contributed by atoms with Gasteiger partial charge in [-0.25, -0.2) is 0 Å². The summed E-state index contributed by atoms with van der Waals surface area (Å²) in [5, 5.41) is 3.17. The number of amides is 1. The second-order valence-electron chi connectivity index (χ2n) is 7.47. The van der Waals surface area contributed by atoms with Crippen LogP contribution in [0.4, 0.5) is 5.69 Å². The van der Waals surface area contributed by atoms with Crippen LogP contribution >= 0.6 is 0 Å². The number of anilines is 1. The van der Waals surface area contributed by atoms with Crippen molar-refractivity contribution in [2.24, 2.45) is 5.92 Å². The van der Waals surface area contributed by atoms with Gasteiger partial charge in [-0.05, 0) is 49.2 Å². The Morgan fingerprint density at radius 1 is 1.17 bits per heavy atom. The molecule has 1 amide bonds. The molecule has 1 unspecified atom stereocenters. The molecular weight excluding hydrogens is 364 g/mol. The van der Waals surface area contributed by atoms with Crippen LogP contribution in [0.1, 0.15) is 18.4 Å². The van der Waals surface area contributed by atoms with Gasteiger partial charge in [-0.2, -0.15) is 0 Å². The van der Waals surface area contributed by atoms with E-state index in [1.807, 2.05) is 54.6 Å². The second kappa shape index (κ2) is 8.97. The molecule has 1 atom stereocenters. The molecule has 0 spiro atoms. The summed E-state index contributed by atoms with van der Waals surface area (Å²) in [7, 11) is 1.66. The summed E-state index contributed by atoms with van der Waals surface area (Å²) in [6, 6.07) is 17.8.